The van der Waals surface area contributed by atoms with Gasteiger partial charge in [0.2, 0.25) is 0 Å². The van der Waals surface area contributed by atoms with Gasteiger partial charge in [-0.2, -0.15) is 0 Å². The van der Waals surface area contributed by atoms with Gasteiger partial charge in [-0.1, -0.05) is 0 Å². The monoisotopic (exact) mass is 373 g/mol. The highest BCUT2D eigenvalue weighted by molar-refractivity contribution is 7.80. The summed E-state index contributed by atoms with van der Waals surface area (Å²) in [7, 11) is 1.60. The molecular weight excluding hydrogens is 357 g/mol. The minimum atomic E-state index is -2.24. The van der Waals surface area contributed by atoms with Gasteiger partial charge in [0.05, 0.1) is 29.7 Å². The van der Waals surface area contributed by atoms with Gasteiger partial charge in [-0.25, -0.2) is 8.60 Å². The molecular formula is C18H16FN3O3S. The summed E-state index contributed by atoms with van der Waals surface area (Å²) in [4.78, 5) is 6.29. The number of benzene rings is 2. The Morgan fingerprint density at radius 3 is 2.92 bits per heavy atom. The van der Waals surface area contributed by atoms with Crippen LogP contribution in [0.1, 0.15) is 5.56 Å². The summed E-state index contributed by atoms with van der Waals surface area (Å²) in [6.45, 7) is 0.614. The van der Waals surface area contributed by atoms with Crippen molar-refractivity contribution in [3.63, 3.8) is 0 Å². The third kappa shape index (κ3) is 2.87. The first-order valence-corrected chi connectivity index (χ1v) is 9.07. The van der Waals surface area contributed by atoms with Gasteiger partial charge >= 0.3 is 0 Å². The van der Waals surface area contributed by atoms with Crippen LogP contribution in [0, 0.1) is 5.82 Å². The van der Waals surface area contributed by atoms with Crippen LogP contribution in [-0.4, -0.2) is 27.4 Å². The molecule has 4 rings (SSSR count). The Bertz CT molecular complexity index is 1030. The van der Waals surface area contributed by atoms with Gasteiger partial charge in [-0.3, -0.25) is 14.3 Å². The Kier molecular flexibility index (Phi) is 4.21. The molecule has 0 spiro atoms. The van der Waals surface area contributed by atoms with E-state index < -0.39 is 17.1 Å². The number of rotatable bonds is 4. The van der Waals surface area contributed by atoms with Crippen LogP contribution in [0.5, 0.6) is 5.75 Å². The zero-order valence-corrected chi connectivity index (χ0v) is 14.7. The number of ether oxygens (including phenoxy) is 1. The number of anilines is 3. The van der Waals surface area contributed by atoms with E-state index in [0.29, 0.717) is 24.4 Å². The maximum atomic E-state index is 14.8. The van der Waals surface area contributed by atoms with Crippen LogP contribution in [0.3, 0.4) is 0 Å². The number of aromatic nitrogens is 1. The molecule has 0 amide bonds. The summed E-state index contributed by atoms with van der Waals surface area (Å²) in [5.74, 6) is 0.272. The van der Waals surface area contributed by atoms with E-state index in [1.807, 2.05) is 29.2 Å². The summed E-state index contributed by atoms with van der Waals surface area (Å²) in [6, 6.07) is 10.4. The molecule has 134 valence electrons. The topological polar surface area (TPSA) is 74.7 Å². The predicted octanol–water partition coefficient (Wildman–Crippen LogP) is 3.63. The lowest BCUT2D eigenvalue weighted by atomic mass is 10.1. The summed E-state index contributed by atoms with van der Waals surface area (Å²) in [5, 5.41) is 0.902. The molecule has 1 aromatic heterocycles. The van der Waals surface area contributed by atoms with Crippen LogP contribution < -0.4 is 14.4 Å². The van der Waals surface area contributed by atoms with E-state index in [9.17, 15) is 8.60 Å². The molecule has 26 heavy (non-hydrogen) atoms. The lowest BCUT2D eigenvalue weighted by molar-refractivity contribution is 0.415. The molecule has 1 aliphatic heterocycles. The number of pyridine rings is 1. The lowest BCUT2D eigenvalue weighted by Gasteiger charge is -2.22. The zero-order chi connectivity index (χ0) is 18.3. The van der Waals surface area contributed by atoms with Gasteiger partial charge in [-0.15, -0.1) is 0 Å². The SMILES string of the molecule is COc1ccc2c(N3CCc4cc(NS(=O)O)cc(F)c43)ccnc2c1. The quantitative estimate of drug-likeness (QED) is 0.683. The van der Waals surface area contributed by atoms with E-state index in [-0.39, 0.29) is 5.69 Å². The van der Waals surface area contributed by atoms with Crippen molar-refractivity contribution in [1.29, 1.82) is 0 Å². The molecule has 6 nitrogen and oxygen atoms in total. The highest BCUT2D eigenvalue weighted by Crippen LogP contribution is 2.41. The second kappa shape index (κ2) is 6.54. The average molecular weight is 373 g/mol. The largest absolute Gasteiger partial charge is 0.497 e. The fourth-order valence-corrected chi connectivity index (χ4v) is 3.69. The van der Waals surface area contributed by atoms with Crippen LogP contribution in [0.15, 0.2) is 42.6 Å². The van der Waals surface area contributed by atoms with E-state index >= 15 is 0 Å². The van der Waals surface area contributed by atoms with Crippen molar-refractivity contribution in [3.05, 3.63) is 54.0 Å². The molecule has 2 aromatic carbocycles. The van der Waals surface area contributed by atoms with Crippen LogP contribution in [0.4, 0.5) is 21.5 Å². The van der Waals surface area contributed by atoms with E-state index in [4.69, 9.17) is 9.29 Å². The van der Waals surface area contributed by atoms with Crippen molar-refractivity contribution in [2.75, 3.05) is 23.3 Å². The van der Waals surface area contributed by atoms with Crippen LogP contribution in [-0.2, 0) is 17.7 Å². The minimum Gasteiger partial charge on any atom is -0.497 e. The zero-order valence-electron chi connectivity index (χ0n) is 13.9. The first-order valence-electron chi connectivity index (χ1n) is 7.97. The van der Waals surface area contributed by atoms with E-state index in [1.54, 1.807) is 19.4 Å². The van der Waals surface area contributed by atoms with E-state index in [2.05, 4.69) is 9.71 Å². The van der Waals surface area contributed by atoms with Gasteiger partial charge < -0.3 is 9.64 Å². The Morgan fingerprint density at radius 1 is 1.31 bits per heavy atom. The number of nitrogens with zero attached hydrogens (tertiary/aromatic N) is 2. The Balaban J connectivity index is 1.81. The second-order valence-electron chi connectivity index (χ2n) is 5.93. The van der Waals surface area contributed by atoms with Crippen molar-refractivity contribution in [2.24, 2.45) is 0 Å². The fraction of sp³-hybridized carbons (Fsp3) is 0.167. The molecule has 1 unspecified atom stereocenters. The maximum Gasteiger partial charge on any atom is 0.259 e. The number of fused-ring (bicyclic) bond motifs is 2. The minimum absolute atomic E-state index is 0.285. The smallest absolute Gasteiger partial charge is 0.259 e. The number of nitrogens with one attached hydrogen (secondary N) is 1. The Morgan fingerprint density at radius 2 is 2.15 bits per heavy atom. The number of halogens is 1. The Labute approximate surface area is 152 Å². The first kappa shape index (κ1) is 16.7. The molecule has 1 aliphatic rings. The van der Waals surface area contributed by atoms with Crippen molar-refractivity contribution in [1.82, 2.24) is 4.98 Å². The van der Waals surface area contributed by atoms with Crippen molar-refractivity contribution >= 4 is 39.2 Å². The number of methoxy groups -OCH3 is 1. The van der Waals surface area contributed by atoms with E-state index in [1.165, 1.54) is 6.07 Å². The van der Waals surface area contributed by atoms with Crippen molar-refractivity contribution in [2.45, 2.75) is 6.42 Å². The number of hydrogen-bond donors (Lipinski definition) is 2. The van der Waals surface area contributed by atoms with Gasteiger partial charge in [0.25, 0.3) is 11.3 Å². The van der Waals surface area contributed by atoms with Crippen molar-refractivity contribution < 1.29 is 17.9 Å². The fourth-order valence-electron chi connectivity index (χ4n) is 3.37. The normalized spacial score (nSPS) is 14.3. The highest BCUT2D eigenvalue weighted by atomic mass is 32.2. The van der Waals surface area contributed by atoms with Gasteiger partial charge in [0, 0.05) is 30.3 Å². The van der Waals surface area contributed by atoms with Gasteiger partial charge in [-0.05, 0) is 36.2 Å². The van der Waals surface area contributed by atoms with Crippen molar-refractivity contribution in [3.8, 4) is 5.75 Å². The molecule has 0 radical (unpaired) electrons. The second-order valence-corrected chi connectivity index (χ2v) is 6.63. The van der Waals surface area contributed by atoms with Gasteiger partial charge in [0.15, 0.2) is 0 Å². The molecule has 2 N–H and O–H groups in total. The van der Waals surface area contributed by atoms with Gasteiger partial charge in [0.1, 0.15) is 11.6 Å². The Hall–Kier alpha value is -2.71. The summed E-state index contributed by atoms with van der Waals surface area (Å²) >= 11 is -2.24. The van der Waals surface area contributed by atoms with Crippen LogP contribution >= 0.6 is 0 Å². The molecule has 3 aromatic rings. The summed E-state index contributed by atoms with van der Waals surface area (Å²) in [6.07, 6.45) is 2.33. The standard InChI is InChI=1S/C18H16FN3O3S/c1-25-13-2-3-14-16(10-13)20-6-4-17(14)22-7-5-11-8-12(21-26(23)24)9-15(19)18(11)22/h2-4,6,8-10,21H,5,7H2,1H3,(H,23,24). The summed E-state index contributed by atoms with van der Waals surface area (Å²) < 4.78 is 42.2. The maximum absolute atomic E-state index is 14.8. The molecule has 0 aliphatic carbocycles. The molecule has 8 heteroatoms. The molecule has 0 fully saturated rings. The number of hydrogen-bond acceptors (Lipinski definition) is 4. The van der Waals surface area contributed by atoms with Crippen LogP contribution in [0.2, 0.25) is 0 Å². The molecule has 1 atom stereocenters. The predicted molar refractivity (Wildman–Crippen MR) is 99.8 cm³/mol. The van der Waals surface area contributed by atoms with Crippen LogP contribution in [0.25, 0.3) is 10.9 Å². The van der Waals surface area contributed by atoms with E-state index in [0.717, 1.165) is 22.2 Å². The highest BCUT2D eigenvalue weighted by Gasteiger charge is 2.26. The first-order chi connectivity index (χ1) is 12.6. The molecule has 0 saturated carbocycles. The summed E-state index contributed by atoms with van der Waals surface area (Å²) in [5.41, 5.74) is 3.19. The lowest BCUT2D eigenvalue weighted by Crippen LogP contribution is -2.15. The third-order valence-electron chi connectivity index (χ3n) is 4.44. The third-order valence-corrected chi connectivity index (χ3v) is 4.85. The molecule has 2 heterocycles. The molecule has 0 saturated heterocycles. The average Bonchev–Trinajstić information content (AvgIpc) is 3.04. The molecule has 0 bridgehead atoms.